The molecule has 3 unspecified atom stereocenters. The normalized spacial score (nSPS) is 52.3. The van der Waals surface area contributed by atoms with Crippen molar-refractivity contribution in [2.24, 2.45) is 17.8 Å². The summed E-state index contributed by atoms with van der Waals surface area (Å²) in [4.78, 5) is 17.6. The van der Waals surface area contributed by atoms with Crippen molar-refractivity contribution in [2.45, 2.75) is 56.0 Å². The Morgan fingerprint density at radius 2 is 2.19 bits per heavy atom. The molecule has 1 aromatic carbocycles. The fourth-order valence-corrected chi connectivity index (χ4v) is 7.90. The summed E-state index contributed by atoms with van der Waals surface area (Å²) in [6, 6.07) is 7.03. The fourth-order valence-electron chi connectivity index (χ4n) is 7.90. The Kier molecular flexibility index (Phi) is 2.82. The largest absolute Gasteiger partial charge is 0.497 e. The lowest BCUT2D eigenvalue weighted by Gasteiger charge is -2.60. The number of nitrogens with zero attached hydrogens (tertiary/aromatic N) is 1. The summed E-state index contributed by atoms with van der Waals surface area (Å²) in [7, 11) is 3.90. The Labute approximate surface area is 153 Å². The first-order valence-electron chi connectivity index (χ1n) is 10.1. The number of piperidine rings is 4. The number of Topliss-reactive ketones (excluding diaryl/α,β-unsaturated/α-hetero) is 1. The van der Waals surface area contributed by atoms with Gasteiger partial charge in [-0.1, -0.05) is 6.92 Å². The molecule has 1 spiro atoms. The Morgan fingerprint density at radius 3 is 2.92 bits per heavy atom. The number of hydrogen-bond donors (Lipinski definition) is 2. The highest BCUT2D eigenvalue weighted by Crippen LogP contribution is 2.64. The molecule has 5 heteroatoms. The lowest BCUT2D eigenvalue weighted by molar-refractivity contribution is -0.841. The van der Waals surface area contributed by atoms with Gasteiger partial charge in [0.05, 0.1) is 20.2 Å². The van der Waals surface area contributed by atoms with E-state index in [-0.39, 0.29) is 35.6 Å². The molecule has 10 atom stereocenters. The zero-order chi connectivity index (χ0) is 18.0. The first-order chi connectivity index (χ1) is 12.5. The number of aliphatic hydroxyl groups excluding tert-OH is 1. The summed E-state index contributed by atoms with van der Waals surface area (Å²) in [5.41, 5.74) is 2.10. The van der Waals surface area contributed by atoms with Gasteiger partial charge in [-0.25, -0.2) is 0 Å². The molecule has 138 valence electrons. The maximum atomic E-state index is 13.9. The van der Waals surface area contributed by atoms with Gasteiger partial charge in [0.1, 0.15) is 29.1 Å². The van der Waals surface area contributed by atoms with Crippen molar-refractivity contribution in [1.29, 1.82) is 0 Å². The molecule has 5 bridgehead atoms. The summed E-state index contributed by atoms with van der Waals surface area (Å²) < 4.78 is 5.45. The number of carbonyl (C=O) groups excluding carboxylic acids is 1. The third kappa shape index (κ3) is 1.40. The zero-order valence-electron chi connectivity index (χ0n) is 15.6. The Morgan fingerprint density at radius 1 is 1.38 bits per heavy atom. The fraction of sp³-hybridized carbons (Fsp3) is 0.667. The predicted molar refractivity (Wildman–Crippen MR) is 95.4 cm³/mol. The number of fused-ring (bicyclic) bond motifs is 2. The Bertz CT molecular complexity index is 825. The highest BCUT2D eigenvalue weighted by Gasteiger charge is 2.78. The summed E-state index contributed by atoms with van der Waals surface area (Å²) in [6.45, 7) is 2.16. The number of rotatable bonds is 2. The van der Waals surface area contributed by atoms with Crippen molar-refractivity contribution in [3.8, 4) is 5.75 Å². The van der Waals surface area contributed by atoms with Crippen molar-refractivity contribution in [1.82, 2.24) is 4.90 Å². The van der Waals surface area contributed by atoms with Gasteiger partial charge < -0.3 is 9.84 Å². The van der Waals surface area contributed by atoms with Gasteiger partial charge in [-0.05, 0) is 37.3 Å². The molecular formula is C21H27N2O3+. The van der Waals surface area contributed by atoms with Gasteiger partial charge in [-0.3, -0.25) is 14.6 Å². The molecule has 6 aliphatic rings. The van der Waals surface area contributed by atoms with Gasteiger partial charge in [0.15, 0.2) is 5.78 Å². The summed E-state index contributed by atoms with van der Waals surface area (Å²) in [5.74, 6) is 2.06. The zero-order valence-corrected chi connectivity index (χ0v) is 15.6. The summed E-state index contributed by atoms with van der Waals surface area (Å²) in [6.07, 6.45) is 2.54. The second-order valence-electron chi connectivity index (χ2n) is 9.10. The molecule has 5 heterocycles. The second-order valence-corrected chi connectivity index (χ2v) is 9.10. The number of nitrogens with one attached hydrogen (secondary N) is 1. The minimum absolute atomic E-state index is 0.116. The number of likely N-dealkylation sites (N-methyl/N-ethyl adjacent to an activating group) is 1. The van der Waals surface area contributed by atoms with Crippen LogP contribution in [0.2, 0.25) is 0 Å². The summed E-state index contributed by atoms with van der Waals surface area (Å²) >= 11 is 0. The molecular weight excluding hydrogens is 328 g/mol. The van der Waals surface area contributed by atoms with Crippen molar-refractivity contribution < 1.29 is 19.5 Å². The van der Waals surface area contributed by atoms with Gasteiger partial charge in [0.25, 0.3) is 0 Å². The average Bonchev–Trinajstić information content (AvgIpc) is 3.03. The van der Waals surface area contributed by atoms with Crippen molar-refractivity contribution in [2.75, 3.05) is 14.2 Å². The maximum absolute atomic E-state index is 13.9. The second kappa shape index (κ2) is 4.70. The predicted octanol–water partition coefficient (Wildman–Crippen LogP) is 0.481. The van der Waals surface area contributed by atoms with Crippen LogP contribution in [0.15, 0.2) is 18.2 Å². The number of ketones is 1. The first kappa shape index (κ1) is 15.6. The number of hydrogen-bond acceptors (Lipinski definition) is 4. The monoisotopic (exact) mass is 355 g/mol. The van der Waals surface area contributed by atoms with Crippen molar-refractivity contribution >= 4 is 11.5 Å². The molecule has 0 aromatic heterocycles. The van der Waals surface area contributed by atoms with E-state index >= 15 is 0 Å². The van der Waals surface area contributed by atoms with Crippen LogP contribution < -0.4 is 9.64 Å². The topological polar surface area (TPSA) is 54.2 Å². The maximum Gasteiger partial charge on any atom is 0.154 e. The molecule has 5 aliphatic heterocycles. The minimum Gasteiger partial charge on any atom is -0.497 e. The molecule has 5 fully saturated rings. The number of benzene rings is 1. The number of aliphatic hydroxyl groups is 1. The third-order valence-corrected chi connectivity index (χ3v) is 8.65. The lowest BCUT2D eigenvalue weighted by Crippen LogP contribution is -3.11. The average molecular weight is 355 g/mol. The van der Waals surface area contributed by atoms with Gasteiger partial charge in [-0.15, -0.1) is 0 Å². The van der Waals surface area contributed by atoms with Gasteiger partial charge in [0.2, 0.25) is 0 Å². The highest BCUT2D eigenvalue weighted by atomic mass is 16.5. The van der Waals surface area contributed by atoms with Crippen LogP contribution in [0.1, 0.15) is 31.7 Å². The molecule has 1 aromatic rings. The lowest BCUT2D eigenvalue weighted by atomic mass is 9.62. The Hall–Kier alpha value is -1.43. The highest BCUT2D eigenvalue weighted by molar-refractivity contribution is 5.99. The summed E-state index contributed by atoms with van der Waals surface area (Å²) in [5, 5.41) is 11.1. The number of quaternary nitrogens is 1. The Balaban J connectivity index is 1.57. The van der Waals surface area contributed by atoms with Gasteiger partial charge in [0, 0.05) is 29.5 Å². The molecule has 1 aliphatic carbocycles. The van der Waals surface area contributed by atoms with E-state index in [4.69, 9.17) is 4.74 Å². The number of methoxy groups -OCH3 is 1. The molecule has 26 heavy (non-hydrogen) atoms. The number of ether oxygens (including phenoxy) is 1. The molecule has 7 rings (SSSR count). The first-order valence-corrected chi connectivity index (χ1v) is 10.1. The molecule has 2 N–H and O–H groups in total. The smallest absolute Gasteiger partial charge is 0.154 e. The SMILES string of the molecule is CC[C@H]1[C@@H]2C[C@H]3C4[NH+](C)c5cc(OC)ccc5[C@]45C[C@@H]([C@@H]2C5=O)N3[C@H]1O. The van der Waals surface area contributed by atoms with E-state index in [1.807, 2.05) is 6.07 Å². The van der Waals surface area contributed by atoms with E-state index in [0.717, 1.165) is 25.0 Å². The van der Waals surface area contributed by atoms with Gasteiger partial charge in [-0.2, -0.15) is 0 Å². The molecule has 1 saturated carbocycles. The minimum atomic E-state index is -0.375. The molecule has 4 saturated heterocycles. The van der Waals surface area contributed by atoms with E-state index in [1.54, 1.807) is 7.11 Å². The quantitative estimate of drug-likeness (QED) is 0.810. The van der Waals surface area contributed by atoms with E-state index in [0.29, 0.717) is 17.7 Å². The third-order valence-electron chi connectivity index (χ3n) is 8.65. The molecule has 5 nitrogen and oxygen atoms in total. The van der Waals surface area contributed by atoms with Crippen LogP contribution in [0.4, 0.5) is 5.69 Å². The van der Waals surface area contributed by atoms with Crippen LogP contribution in [-0.2, 0) is 10.2 Å². The van der Waals surface area contributed by atoms with Crippen LogP contribution in [0.5, 0.6) is 5.75 Å². The number of carbonyl (C=O) groups is 1. The van der Waals surface area contributed by atoms with E-state index in [9.17, 15) is 9.90 Å². The van der Waals surface area contributed by atoms with E-state index < -0.39 is 0 Å². The standard InChI is InChI=1S/C21H26N2O3/c1-4-11-12-8-15-18-21(9-16(17(12)19(21)24)23(15)20(11)25)13-6-5-10(26-3)7-14(13)22(18)2/h5-7,11-12,15-18,20,25H,4,8-9H2,1-3H3/p+1/t11-,12-,15-,16-,17+,18?,20-,21+/m0/s1. The van der Waals surface area contributed by atoms with E-state index in [2.05, 4.69) is 31.0 Å². The molecule has 0 amide bonds. The van der Waals surface area contributed by atoms with Crippen LogP contribution in [-0.4, -0.2) is 54.3 Å². The van der Waals surface area contributed by atoms with Crippen LogP contribution in [0.3, 0.4) is 0 Å². The molecule has 0 radical (unpaired) electrons. The van der Waals surface area contributed by atoms with Crippen molar-refractivity contribution in [3.05, 3.63) is 23.8 Å². The van der Waals surface area contributed by atoms with Gasteiger partial charge >= 0.3 is 0 Å². The van der Waals surface area contributed by atoms with E-state index in [1.165, 1.54) is 16.2 Å². The van der Waals surface area contributed by atoms with Crippen LogP contribution in [0, 0.1) is 17.8 Å². The van der Waals surface area contributed by atoms with Crippen LogP contribution >= 0.6 is 0 Å². The van der Waals surface area contributed by atoms with Crippen molar-refractivity contribution in [3.63, 3.8) is 0 Å². The van der Waals surface area contributed by atoms with Crippen LogP contribution in [0.25, 0.3) is 0 Å².